The van der Waals surface area contributed by atoms with Gasteiger partial charge in [-0.05, 0) is 42.1 Å². The topological polar surface area (TPSA) is 41.1 Å². The molecule has 1 amide bonds. The van der Waals surface area contributed by atoms with Gasteiger partial charge in [-0.25, -0.2) is 0 Å². The van der Waals surface area contributed by atoms with Crippen molar-refractivity contribution >= 4 is 35.0 Å². The van der Waals surface area contributed by atoms with Gasteiger partial charge in [-0.1, -0.05) is 36.4 Å². The Bertz CT molecular complexity index is 758. The van der Waals surface area contributed by atoms with Crippen LogP contribution in [0.4, 0.5) is 18.9 Å². The number of hydrogen-bond donors (Lipinski definition) is 2. The van der Waals surface area contributed by atoms with E-state index < -0.39 is 17.6 Å². The Morgan fingerprint density at radius 3 is 2.42 bits per heavy atom. The number of hydrogen-bond acceptors (Lipinski definition) is 2. The third-order valence-electron chi connectivity index (χ3n) is 2.91. The van der Waals surface area contributed by atoms with Crippen LogP contribution in [-0.4, -0.2) is 11.0 Å². The molecule has 2 aromatic rings. The summed E-state index contributed by atoms with van der Waals surface area (Å²) in [6, 6.07) is 13.7. The predicted molar refractivity (Wildman–Crippen MR) is 91.3 cm³/mol. The molecule has 0 saturated heterocycles. The number of halogens is 3. The maximum Gasteiger partial charge on any atom is 0.416 e. The summed E-state index contributed by atoms with van der Waals surface area (Å²) in [6.45, 7) is 0. The highest BCUT2D eigenvalue weighted by atomic mass is 32.1. The molecule has 124 valence electrons. The van der Waals surface area contributed by atoms with E-state index in [2.05, 4.69) is 10.6 Å². The number of benzene rings is 2. The van der Waals surface area contributed by atoms with Gasteiger partial charge in [0, 0.05) is 11.8 Å². The second-order valence-electron chi connectivity index (χ2n) is 4.77. The highest BCUT2D eigenvalue weighted by molar-refractivity contribution is 7.80. The molecule has 0 aliphatic carbocycles. The van der Waals surface area contributed by atoms with Crippen LogP contribution in [0.1, 0.15) is 11.1 Å². The molecule has 24 heavy (non-hydrogen) atoms. The van der Waals surface area contributed by atoms with Gasteiger partial charge >= 0.3 is 6.18 Å². The molecule has 0 unspecified atom stereocenters. The van der Waals surface area contributed by atoms with Crippen molar-refractivity contribution in [2.75, 3.05) is 5.32 Å². The zero-order valence-electron chi connectivity index (χ0n) is 12.3. The van der Waals surface area contributed by atoms with Crippen molar-refractivity contribution in [3.05, 3.63) is 71.8 Å². The van der Waals surface area contributed by atoms with Crippen LogP contribution in [0.25, 0.3) is 6.08 Å². The van der Waals surface area contributed by atoms with E-state index in [1.807, 2.05) is 30.3 Å². The van der Waals surface area contributed by atoms with Crippen molar-refractivity contribution < 1.29 is 18.0 Å². The van der Waals surface area contributed by atoms with Gasteiger partial charge in [-0.2, -0.15) is 13.2 Å². The molecule has 3 nitrogen and oxygen atoms in total. The lowest BCUT2D eigenvalue weighted by Crippen LogP contribution is -2.32. The number of anilines is 1. The van der Waals surface area contributed by atoms with Crippen LogP contribution in [0.3, 0.4) is 0 Å². The highest BCUT2D eigenvalue weighted by Gasteiger charge is 2.30. The van der Waals surface area contributed by atoms with E-state index in [0.29, 0.717) is 0 Å². The van der Waals surface area contributed by atoms with Crippen LogP contribution >= 0.6 is 12.2 Å². The minimum absolute atomic E-state index is 0.0861. The molecule has 0 spiro atoms. The first kappa shape index (κ1) is 17.7. The Morgan fingerprint density at radius 1 is 1.04 bits per heavy atom. The van der Waals surface area contributed by atoms with Gasteiger partial charge < -0.3 is 5.32 Å². The van der Waals surface area contributed by atoms with Gasteiger partial charge in [0.15, 0.2) is 5.11 Å². The quantitative estimate of drug-likeness (QED) is 0.643. The van der Waals surface area contributed by atoms with E-state index in [9.17, 15) is 18.0 Å². The van der Waals surface area contributed by atoms with Crippen molar-refractivity contribution in [3.8, 4) is 0 Å². The summed E-state index contributed by atoms with van der Waals surface area (Å²) in [5, 5.41) is 4.83. The van der Waals surface area contributed by atoms with Crippen LogP contribution in [0.15, 0.2) is 60.7 Å². The minimum atomic E-state index is -4.44. The van der Waals surface area contributed by atoms with Crippen molar-refractivity contribution in [1.29, 1.82) is 0 Å². The molecule has 0 heterocycles. The van der Waals surface area contributed by atoms with E-state index in [1.165, 1.54) is 18.2 Å². The monoisotopic (exact) mass is 350 g/mol. The molecule has 0 fully saturated rings. The second kappa shape index (κ2) is 7.74. The standard InChI is InChI=1S/C17H13F3N2OS/c18-17(19,20)13-7-4-8-14(11-13)21-16(24)22-15(23)10-9-12-5-2-1-3-6-12/h1-11H,(H2,21,22,23,24). The van der Waals surface area contributed by atoms with Crippen LogP contribution in [0, 0.1) is 0 Å². The second-order valence-corrected chi connectivity index (χ2v) is 5.17. The molecular formula is C17H13F3N2OS. The van der Waals surface area contributed by atoms with Crippen LogP contribution in [0.2, 0.25) is 0 Å². The van der Waals surface area contributed by atoms with Crippen molar-refractivity contribution in [1.82, 2.24) is 5.32 Å². The summed E-state index contributed by atoms with van der Waals surface area (Å²) in [5.41, 5.74) is 0.178. The van der Waals surface area contributed by atoms with E-state index >= 15 is 0 Å². The highest BCUT2D eigenvalue weighted by Crippen LogP contribution is 2.30. The first-order valence-corrected chi connectivity index (χ1v) is 7.28. The number of thiocarbonyl (C=S) groups is 1. The van der Waals surface area contributed by atoms with Gasteiger partial charge in [-0.15, -0.1) is 0 Å². The Morgan fingerprint density at radius 2 is 1.75 bits per heavy atom. The Balaban J connectivity index is 1.93. The number of alkyl halides is 3. The zero-order chi connectivity index (χ0) is 17.6. The molecule has 7 heteroatoms. The first-order chi connectivity index (χ1) is 11.3. The number of carbonyl (C=O) groups is 1. The first-order valence-electron chi connectivity index (χ1n) is 6.87. The van der Waals surface area contributed by atoms with Crippen molar-refractivity contribution in [2.24, 2.45) is 0 Å². The van der Waals surface area contributed by atoms with Gasteiger partial charge in [0.25, 0.3) is 0 Å². The average Bonchev–Trinajstić information content (AvgIpc) is 2.53. The van der Waals surface area contributed by atoms with E-state index in [4.69, 9.17) is 12.2 Å². The molecule has 2 N–H and O–H groups in total. The molecule has 0 atom stereocenters. The van der Waals surface area contributed by atoms with E-state index in [0.717, 1.165) is 17.7 Å². The fourth-order valence-corrected chi connectivity index (χ4v) is 2.04. The molecule has 2 rings (SSSR count). The number of rotatable bonds is 3. The lowest BCUT2D eigenvalue weighted by atomic mass is 10.2. The van der Waals surface area contributed by atoms with E-state index in [1.54, 1.807) is 6.08 Å². The normalized spacial score (nSPS) is 11.3. The maximum absolute atomic E-state index is 12.6. The third-order valence-corrected chi connectivity index (χ3v) is 3.12. The minimum Gasteiger partial charge on any atom is -0.332 e. The summed E-state index contributed by atoms with van der Waals surface area (Å²) in [4.78, 5) is 11.7. The Hall–Kier alpha value is -2.67. The number of carbonyl (C=O) groups excluding carboxylic acids is 1. The molecular weight excluding hydrogens is 337 g/mol. The van der Waals surface area contributed by atoms with Gasteiger partial charge in [0.2, 0.25) is 5.91 Å². The largest absolute Gasteiger partial charge is 0.416 e. The molecule has 2 aromatic carbocycles. The summed E-state index contributed by atoms with van der Waals surface area (Å²) in [6.07, 6.45) is -1.56. The van der Waals surface area contributed by atoms with Gasteiger partial charge in [-0.3, -0.25) is 10.1 Å². The fourth-order valence-electron chi connectivity index (χ4n) is 1.83. The van der Waals surface area contributed by atoms with Gasteiger partial charge in [0.1, 0.15) is 0 Å². The molecule has 0 aliphatic rings. The number of amides is 1. The van der Waals surface area contributed by atoms with E-state index in [-0.39, 0.29) is 10.8 Å². The third kappa shape index (κ3) is 5.51. The van der Waals surface area contributed by atoms with Crippen LogP contribution < -0.4 is 10.6 Å². The van der Waals surface area contributed by atoms with Crippen molar-refractivity contribution in [2.45, 2.75) is 6.18 Å². The molecule has 0 aliphatic heterocycles. The van der Waals surface area contributed by atoms with Gasteiger partial charge in [0.05, 0.1) is 5.56 Å². The summed E-state index contributed by atoms with van der Waals surface area (Å²) >= 11 is 4.92. The molecule has 0 saturated carbocycles. The summed E-state index contributed by atoms with van der Waals surface area (Å²) in [7, 11) is 0. The predicted octanol–water partition coefficient (Wildman–Crippen LogP) is 4.23. The maximum atomic E-state index is 12.6. The summed E-state index contributed by atoms with van der Waals surface area (Å²) in [5.74, 6) is -0.483. The van der Waals surface area contributed by atoms with Crippen molar-refractivity contribution in [3.63, 3.8) is 0 Å². The summed E-state index contributed by atoms with van der Waals surface area (Å²) < 4.78 is 37.9. The average molecular weight is 350 g/mol. The lowest BCUT2D eigenvalue weighted by molar-refractivity contribution is -0.137. The van der Waals surface area contributed by atoms with Crippen LogP contribution in [-0.2, 0) is 11.0 Å². The molecule has 0 bridgehead atoms. The zero-order valence-corrected chi connectivity index (χ0v) is 13.1. The fraction of sp³-hybridized carbons (Fsp3) is 0.0588. The smallest absolute Gasteiger partial charge is 0.332 e. The SMILES string of the molecule is O=C(C=Cc1ccccc1)NC(=S)Nc1cccc(C(F)(F)F)c1. The van der Waals surface area contributed by atoms with Crippen LogP contribution in [0.5, 0.6) is 0 Å². The number of nitrogens with one attached hydrogen (secondary N) is 2. The molecule has 0 aromatic heterocycles. The lowest BCUT2D eigenvalue weighted by Gasteiger charge is -2.11. The Kier molecular flexibility index (Phi) is 5.70. The molecule has 0 radical (unpaired) electrons. The Labute approximate surface area is 142 Å².